The molecule has 1 aliphatic heterocycles. The van der Waals surface area contributed by atoms with Crippen molar-refractivity contribution >= 4 is 10.9 Å². The van der Waals surface area contributed by atoms with Crippen LogP contribution in [0.1, 0.15) is 30.3 Å². The highest BCUT2D eigenvalue weighted by Crippen LogP contribution is 2.30. The minimum absolute atomic E-state index is 0.174. The van der Waals surface area contributed by atoms with Gasteiger partial charge in [-0.1, -0.05) is 12.1 Å². The lowest BCUT2D eigenvalue weighted by molar-refractivity contribution is 0.425. The van der Waals surface area contributed by atoms with Crippen molar-refractivity contribution in [2.75, 3.05) is 0 Å². The van der Waals surface area contributed by atoms with Gasteiger partial charge in [0.25, 0.3) is 0 Å². The zero-order valence-corrected chi connectivity index (χ0v) is 9.03. The van der Waals surface area contributed by atoms with Gasteiger partial charge in [-0.15, -0.1) is 0 Å². The standard InChI is InChI=1S/C13H16N2/c1-9-4-2-6-12-11(9)8-10-5-3-7-13(14)15(10)12/h2,4,6,8,13H,3,5,7,14H2,1H3. The number of aromatic nitrogens is 1. The van der Waals surface area contributed by atoms with E-state index in [1.807, 2.05) is 0 Å². The van der Waals surface area contributed by atoms with E-state index in [4.69, 9.17) is 5.73 Å². The zero-order chi connectivity index (χ0) is 10.4. The average Bonchev–Trinajstić information content (AvgIpc) is 2.59. The molecule has 1 unspecified atom stereocenters. The summed E-state index contributed by atoms with van der Waals surface area (Å²) in [5.41, 5.74) is 10.2. The smallest absolute Gasteiger partial charge is 0.0817 e. The third-order valence-corrected chi connectivity index (χ3v) is 3.45. The van der Waals surface area contributed by atoms with E-state index in [9.17, 15) is 0 Å². The molecule has 15 heavy (non-hydrogen) atoms. The number of hydrogen-bond acceptors (Lipinski definition) is 1. The Kier molecular flexibility index (Phi) is 1.86. The second kappa shape index (κ2) is 3.11. The van der Waals surface area contributed by atoms with Gasteiger partial charge < -0.3 is 10.3 Å². The monoisotopic (exact) mass is 200 g/mol. The Morgan fingerprint density at radius 2 is 2.27 bits per heavy atom. The molecule has 0 bridgehead atoms. The van der Waals surface area contributed by atoms with Gasteiger partial charge in [0.2, 0.25) is 0 Å². The fourth-order valence-corrected chi connectivity index (χ4v) is 2.66. The van der Waals surface area contributed by atoms with Crippen molar-refractivity contribution in [3.8, 4) is 0 Å². The number of nitrogens with two attached hydrogens (primary N) is 1. The Labute approximate surface area is 89.7 Å². The Balaban J connectivity index is 2.36. The molecule has 78 valence electrons. The summed E-state index contributed by atoms with van der Waals surface area (Å²) >= 11 is 0. The van der Waals surface area contributed by atoms with Crippen LogP contribution in [0.25, 0.3) is 10.9 Å². The number of benzene rings is 1. The molecule has 2 nitrogen and oxygen atoms in total. The number of fused-ring (bicyclic) bond motifs is 3. The largest absolute Gasteiger partial charge is 0.329 e. The fourth-order valence-electron chi connectivity index (χ4n) is 2.66. The predicted octanol–water partition coefficient (Wildman–Crippen LogP) is 2.74. The summed E-state index contributed by atoms with van der Waals surface area (Å²) in [7, 11) is 0. The van der Waals surface area contributed by atoms with Gasteiger partial charge in [0, 0.05) is 16.6 Å². The Morgan fingerprint density at radius 3 is 3.13 bits per heavy atom. The van der Waals surface area contributed by atoms with Gasteiger partial charge in [0.15, 0.2) is 0 Å². The lowest BCUT2D eigenvalue weighted by atomic mass is 10.1. The highest BCUT2D eigenvalue weighted by atomic mass is 15.1. The maximum Gasteiger partial charge on any atom is 0.0817 e. The minimum Gasteiger partial charge on any atom is -0.329 e. The van der Waals surface area contributed by atoms with Gasteiger partial charge >= 0.3 is 0 Å². The first kappa shape index (κ1) is 8.98. The molecular weight excluding hydrogens is 184 g/mol. The minimum atomic E-state index is 0.174. The highest BCUT2D eigenvalue weighted by Gasteiger charge is 2.19. The van der Waals surface area contributed by atoms with Crippen molar-refractivity contribution in [2.24, 2.45) is 5.73 Å². The second-order valence-corrected chi connectivity index (χ2v) is 4.47. The lowest BCUT2D eigenvalue weighted by Gasteiger charge is -2.23. The van der Waals surface area contributed by atoms with Crippen LogP contribution in [0.3, 0.4) is 0 Å². The van der Waals surface area contributed by atoms with Crippen LogP contribution in [-0.2, 0) is 6.42 Å². The van der Waals surface area contributed by atoms with Crippen molar-refractivity contribution in [3.05, 3.63) is 35.5 Å². The Bertz CT molecular complexity index is 510. The first-order valence-corrected chi connectivity index (χ1v) is 5.62. The van der Waals surface area contributed by atoms with Crippen molar-refractivity contribution in [2.45, 2.75) is 32.4 Å². The molecule has 2 aromatic rings. The van der Waals surface area contributed by atoms with Crippen LogP contribution in [0.4, 0.5) is 0 Å². The van der Waals surface area contributed by atoms with E-state index in [0.717, 1.165) is 6.42 Å². The van der Waals surface area contributed by atoms with Gasteiger partial charge in [0.05, 0.1) is 6.17 Å². The molecule has 1 aliphatic rings. The molecule has 1 aromatic carbocycles. The molecule has 0 saturated carbocycles. The molecule has 0 radical (unpaired) electrons. The summed E-state index contributed by atoms with van der Waals surface area (Å²) in [5, 5.41) is 1.37. The van der Waals surface area contributed by atoms with Crippen molar-refractivity contribution in [1.82, 2.24) is 4.57 Å². The van der Waals surface area contributed by atoms with Gasteiger partial charge in [-0.25, -0.2) is 0 Å². The van der Waals surface area contributed by atoms with Gasteiger partial charge in [-0.05, 0) is 43.9 Å². The molecule has 0 aliphatic carbocycles. The van der Waals surface area contributed by atoms with Gasteiger partial charge in [0.1, 0.15) is 0 Å². The lowest BCUT2D eigenvalue weighted by Crippen LogP contribution is -2.24. The van der Waals surface area contributed by atoms with E-state index in [0.29, 0.717) is 0 Å². The number of nitrogens with zero attached hydrogens (tertiary/aromatic N) is 1. The molecule has 1 aromatic heterocycles. The number of hydrogen-bond donors (Lipinski definition) is 1. The predicted molar refractivity (Wildman–Crippen MR) is 62.8 cm³/mol. The molecule has 2 N–H and O–H groups in total. The van der Waals surface area contributed by atoms with Crippen LogP contribution in [0.2, 0.25) is 0 Å². The molecule has 0 fully saturated rings. The first-order valence-electron chi connectivity index (χ1n) is 5.62. The summed E-state index contributed by atoms with van der Waals surface area (Å²) in [5.74, 6) is 0. The maximum atomic E-state index is 6.17. The van der Waals surface area contributed by atoms with Crippen LogP contribution in [0.15, 0.2) is 24.3 Å². The van der Waals surface area contributed by atoms with E-state index in [1.165, 1.54) is 35.0 Å². The summed E-state index contributed by atoms with van der Waals surface area (Å²) in [6.07, 6.45) is 3.66. The third-order valence-electron chi connectivity index (χ3n) is 3.45. The SMILES string of the molecule is Cc1cccc2c1cc1n2C(N)CCC1. The molecule has 1 atom stereocenters. The number of aryl methyl sites for hydroxylation is 2. The van der Waals surface area contributed by atoms with Crippen LogP contribution in [0, 0.1) is 6.92 Å². The molecular formula is C13H16N2. The van der Waals surface area contributed by atoms with Crippen molar-refractivity contribution in [3.63, 3.8) is 0 Å². The van der Waals surface area contributed by atoms with Crippen molar-refractivity contribution in [1.29, 1.82) is 0 Å². The fraction of sp³-hybridized carbons (Fsp3) is 0.385. The zero-order valence-electron chi connectivity index (χ0n) is 9.03. The number of rotatable bonds is 0. The van der Waals surface area contributed by atoms with Gasteiger partial charge in [-0.3, -0.25) is 0 Å². The van der Waals surface area contributed by atoms with Crippen LogP contribution in [-0.4, -0.2) is 4.57 Å². The van der Waals surface area contributed by atoms with Crippen LogP contribution < -0.4 is 5.73 Å². The quantitative estimate of drug-likeness (QED) is 0.696. The van der Waals surface area contributed by atoms with E-state index in [1.54, 1.807) is 0 Å². The first-order chi connectivity index (χ1) is 7.27. The third kappa shape index (κ3) is 1.21. The highest BCUT2D eigenvalue weighted by molar-refractivity contribution is 5.84. The molecule has 0 spiro atoms. The van der Waals surface area contributed by atoms with E-state index in [2.05, 4.69) is 35.8 Å². The molecule has 2 heteroatoms. The summed E-state index contributed by atoms with van der Waals surface area (Å²) < 4.78 is 2.31. The summed E-state index contributed by atoms with van der Waals surface area (Å²) in [6, 6.07) is 8.77. The molecule has 2 heterocycles. The van der Waals surface area contributed by atoms with Gasteiger partial charge in [-0.2, -0.15) is 0 Å². The van der Waals surface area contributed by atoms with Crippen LogP contribution >= 0.6 is 0 Å². The van der Waals surface area contributed by atoms with Crippen LogP contribution in [0.5, 0.6) is 0 Å². The molecule has 0 amide bonds. The average molecular weight is 200 g/mol. The van der Waals surface area contributed by atoms with E-state index in [-0.39, 0.29) is 6.17 Å². The second-order valence-electron chi connectivity index (χ2n) is 4.47. The molecule has 3 rings (SSSR count). The van der Waals surface area contributed by atoms with E-state index < -0.39 is 0 Å². The Hall–Kier alpha value is -1.28. The maximum absolute atomic E-state index is 6.17. The summed E-state index contributed by atoms with van der Waals surface area (Å²) in [4.78, 5) is 0. The van der Waals surface area contributed by atoms with Crippen molar-refractivity contribution < 1.29 is 0 Å². The Morgan fingerprint density at radius 1 is 1.40 bits per heavy atom. The topological polar surface area (TPSA) is 30.9 Å². The normalized spacial score (nSPS) is 20.5. The van der Waals surface area contributed by atoms with E-state index >= 15 is 0 Å². The molecule has 0 saturated heterocycles. The summed E-state index contributed by atoms with van der Waals surface area (Å²) in [6.45, 7) is 2.17.